The third kappa shape index (κ3) is 2.11. The Labute approximate surface area is 101 Å². The largest absolute Gasteiger partial charge is 0.350 e. The minimum atomic E-state index is 1.08. The Bertz CT molecular complexity index is 583. The van der Waals surface area contributed by atoms with Gasteiger partial charge in [-0.25, -0.2) is 0 Å². The summed E-state index contributed by atoms with van der Waals surface area (Å²) in [7, 11) is 0. The number of aromatic nitrogens is 1. The topological polar surface area (TPSA) is 15.9 Å². The molecular formula is C15H13N2+. The number of hydrogen-bond acceptors (Lipinski definition) is 1. The molecule has 2 aromatic rings. The summed E-state index contributed by atoms with van der Waals surface area (Å²) < 4.78 is 2.03. The van der Waals surface area contributed by atoms with Crippen molar-refractivity contribution in [3.8, 4) is 0 Å². The molecule has 2 heterocycles. The highest BCUT2D eigenvalue weighted by molar-refractivity contribution is 5.75. The average molecular weight is 221 g/mol. The Morgan fingerprint density at radius 2 is 1.71 bits per heavy atom. The van der Waals surface area contributed by atoms with Gasteiger partial charge >= 0.3 is 0 Å². The predicted molar refractivity (Wildman–Crippen MR) is 70.0 cm³/mol. The van der Waals surface area contributed by atoms with Crippen LogP contribution in [0.3, 0.4) is 0 Å². The highest BCUT2D eigenvalue weighted by Crippen LogP contribution is 2.23. The molecular weight excluding hydrogens is 208 g/mol. The molecule has 0 saturated heterocycles. The lowest BCUT2D eigenvalue weighted by atomic mass is 10.1. The van der Waals surface area contributed by atoms with E-state index in [1.807, 2.05) is 47.3 Å². The second kappa shape index (κ2) is 4.26. The molecule has 0 unspecified atom stereocenters. The quantitative estimate of drug-likeness (QED) is 0.732. The third-order valence-corrected chi connectivity index (χ3v) is 2.71. The zero-order valence-electron chi connectivity index (χ0n) is 9.38. The van der Waals surface area contributed by atoms with E-state index in [2.05, 4.69) is 35.8 Å². The van der Waals surface area contributed by atoms with Crippen LogP contribution in [-0.4, -0.2) is 0 Å². The van der Waals surface area contributed by atoms with Crippen molar-refractivity contribution in [2.24, 2.45) is 0 Å². The van der Waals surface area contributed by atoms with Gasteiger partial charge in [0.1, 0.15) is 5.70 Å². The molecule has 1 aliphatic rings. The van der Waals surface area contributed by atoms with Crippen LogP contribution >= 0.6 is 0 Å². The number of allylic oxidation sites excluding steroid dienone is 1. The van der Waals surface area contributed by atoms with Gasteiger partial charge in [-0.1, -0.05) is 30.3 Å². The van der Waals surface area contributed by atoms with Gasteiger partial charge in [-0.3, -0.25) is 0 Å². The van der Waals surface area contributed by atoms with Gasteiger partial charge in [0.05, 0.1) is 0 Å². The first kappa shape index (κ1) is 9.85. The molecule has 0 amide bonds. The summed E-state index contributed by atoms with van der Waals surface area (Å²) in [6.45, 7) is 0. The standard InChI is InChI=1S/C15H13N2/c1-4-10-17(11-5-1)12-14-9-8-13-6-2-3-7-15(13)16-14/h1-12,16H/q+1/b14-12+. The van der Waals surface area contributed by atoms with Crippen LogP contribution in [0.2, 0.25) is 0 Å². The second-order valence-corrected chi connectivity index (χ2v) is 3.95. The number of hydrogen-bond donors (Lipinski definition) is 1. The molecule has 1 N–H and O–H groups in total. The molecule has 0 aliphatic carbocycles. The lowest BCUT2D eigenvalue weighted by molar-refractivity contribution is -0.568. The minimum absolute atomic E-state index is 1.08. The van der Waals surface area contributed by atoms with E-state index in [-0.39, 0.29) is 0 Å². The van der Waals surface area contributed by atoms with Crippen molar-refractivity contribution in [3.05, 3.63) is 72.2 Å². The number of fused-ring (bicyclic) bond motifs is 1. The van der Waals surface area contributed by atoms with Crippen LogP contribution < -0.4 is 9.88 Å². The highest BCUT2D eigenvalue weighted by atomic mass is 15.0. The van der Waals surface area contributed by atoms with Crippen LogP contribution in [-0.2, 0) is 0 Å². The minimum Gasteiger partial charge on any atom is -0.350 e. The number of nitrogens with one attached hydrogen (secondary N) is 1. The fourth-order valence-electron chi connectivity index (χ4n) is 1.87. The molecule has 0 fully saturated rings. The van der Waals surface area contributed by atoms with E-state index in [0.29, 0.717) is 0 Å². The highest BCUT2D eigenvalue weighted by Gasteiger charge is 2.07. The Morgan fingerprint density at radius 3 is 2.59 bits per heavy atom. The zero-order chi connectivity index (χ0) is 11.5. The van der Waals surface area contributed by atoms with Gasteiger partial charge in [0, 0.05) is 17.8 Å². The molecule has 0 atom stereocenters. The van der Waals surface area contributed by atoms with Crippen LogP contribution in [0.15, 0.2) is 66.6 Å². The van der Waals surface area contributed by atoms with Crippen molar-refractivity contribution in [3.63, 3.8) is 0 Å². The Morgan fingerprint density at radius 1 is 0.882 bits per heavy atom. The smallest absolute Gasteiger partial charge is 0.198 e. The Balaban J connectivity index is 1.93. The summed E-state index contributed by atoms with van der Waals surface area (Å²) in [5, 5.41) is 3.40. The van der Waals surface area contributed by atoms with Gasteiger partial charge in [-0.2, -0.15) is 4.57 Å². The molecule has 1 aromatic carbocycles. The van der Waals surface area contributed by atoms with Gasteiger partial charge in [0.25, 0.3) is 0 Å². The van der Waals surface area contributed by atoms with Gasteiger partial charge < -0.3 is 5.32 Å². The van der Waals surface area contributed by atoms with Crippen LogP contribution in [0.5, 0.6) is 0 Å². The Hall–Kier alpha value is -2.35. The predicted octanol–water partition coefficient (Wildman–Crippen LogP) is 2.91. The zero-order valence-corrected chi connectivity index (χ0v) is 9.38. The molecule has 82 valence electrons. The average Bonchev–Trinajstić information content (AvgIpc) is 2.40. The molecule has 0 bridgehead atoms. The lowest BCUT2D eigenvalue weighted by Crippen LogP contribution is -2.25. The van der Waals surface area contributed by atoms with Crippen molar-refractivity contribution in [1.29, 1.82) is 0 Å². The molecule has 1 aromatic heterocycles. The molecule has 0 radical (unpaired) electrons. The summed E-state index contributed by atoms with van der Waals surface area (Å²) in [5.74, 6) is 0. The van der Waals surface area contributed by atoms with Crippen LogP contribution in [0.1, 0.15) is 5.56 Å². The first-order chi connectivity index (χ1) is 8.42. The van der Waals surface area contributed by atoms with E-state index in [9.17, 15) is 0 Å². The van der Waals surface area contributed by atoms with E-state index < -0.39 is 0 Å². The number of para-hydroxylation sites is 1. The molecule has 3 rings (SSSR count). The number of rotatable bonds is 1. The molecule has 0 saturated carbocycles. The maximum Gasteiger partial charge on any atom is 0.198 e. The SMILES string of the molecule is C1=Cc2ccccc2N/C1=C/[n+]1ccccc1. The van der Waals surface area contributed by atoms with Crippen molar-refractivity contribution in [2.75, 3.05) is 5.32 Å². The van der Waals surface area contributed by atoms with Crippen LogP contribution in [0, 0.1) is 0 Å². The van der Waals surface area contributed by atoms with E-state index in [0.717, 1.165) is 11.4 Å². The summed E-state index contributed by atoms with van der Waals surface area (Å²) >= 11 is 0. The molecule has 17 heavy (non-hydrogen) atoms. The third-order valence-electron chi connectivity index (χ3n) is 2.71. The summed E-state index contributed by atoms with van der Waals surface area (Å²) in [5.41, 5.74) is 3.46. The summed E-state index contributed by atoms with van der Waals surface area (Å²) in [6.07, 6.45) is 10.3. The Kier molecular flexibility index (Phi) is 2.47. The molecule has 2 heteroatoms. The van der Waals surface area contributed by atoms with Gasteiger partial charge in [-0.05, 0) is 17.7 Å². The first-order valence-corrected chi connectivity index (χ1v) is 5.63. The number of nitrogens with zero attached hydrogens (tertiary/aromatic N) is 1. The fourth-order valence-corrected chi connectivity index (χ4v) is 1.87. The van der Waals surface area contributed by atoms with Crippen LogP contribution in [0.4, 0.5) is 5.69 Å². The van der Waals surface area contributed by atoms with E-state index >= 15 is 0 Å². The number of anilines is 1. The molecule has 0 spiro atoms. The summed E-state index contributed by atoms with van der Waals surface area (Å²) in [6, 6.07) is 14.3. The van der Waals surface area contributed by atoms with E-state index in [1.54, 1.807) is 0 Å². The first-order valence-electron chi connectivity index (χ1n) is 5.63. The number of benzene rings is 1. The van der Waals surface area contributed by atoms with E-state index in [1.165, 1.54) is 5.56 Å². The van der Waals surface area contributed by atoms with Gasteiger partial charge in [-0.15, -0.1) is 0 Å². The molecule has 2 nitrogen and oxygen atoms in total. The second-order valence-electron chi connectivity index (χ2n) is 3.95. The van der Waals surface area contributed by atoms with Gasteiger partial charge in [0.15, 0.2) is 18.6 Å². The van der Waals surface area contributed by atoms with Crippen molar-refractivity contribution >= 4 is 18.0 Å². The monoisotopic (exact) mass is 221 g/mol. The van der Waals surface area contributed by atoms with Crippen LogP contribution in [0.25, 0.3) is 12.3 Å². The van der Waals surface area contributed by atoms with Crippen molar-refractivity contribution in [1.82, 2.24) is 0 Å². The maximum atomic E-state index is 3.40. The van der Waals surface area contributed by atoms with Crippen molar-refractivity contribution in [2.45, 2.75) is 0 Å². The molecule has 1 aliphatic heterocycles. The van der Waals surface area contributed by atoms with E-state index in [4.69, 9.17) is 0 Å². The van der Waals surface area contributed by atoms with Gasteiger partial charge in [0.2, 0.25) is 0 Å². The maximum absolute atomic E-state index is 3.40. The normalized spacial score (nSPS) is 15.4. The lowest BCUT2D eigenvalue weighted by Gasteiger charge is -2.13. The number of pyridine rings is 1. The fraction of sp³-hybridized carbons (Fsp3) is 0. The van der Waals surface area contributed by atoms with Crippen molar-refractivity contribution < 1.29 is 4.57 Å². The summed E-state index contributed by atoms with van der Waals surface area (Å²) in [4.78, 5) is 0.